The number of carbonyl (C=O) groups is 3. The molecule has 1 saturated heterocycles. The number of carbonyl (C=O) groups excluding carboxylic acids is 2. The number of nitrogens with zero attached hydrogens (tertiary/aromatic N) is 2. The summed E-state index contributed by atoms with van der Waals surface area (Å²) in [4.78, 5) is 40.4. The average molecular weight is 388 g/mol. The van der Waals surface area contributed by atoms with Gasteiger partial charge in [0, 0.05) is 19.5 Å². The van der Waals surface area contributed by atoms with Gasteiger partial charge in [-0.05, 0) is 44.7 Å². The Balaban J connectivity index is 1.80. The third-order valence-electron chi connectivity index (χ3n) is 5.32. The second-order valence-corrected chi connectivity index (χ2v) is 8.53. The quantitative estimate of drug-likeness (QED) is 0.842. The molecule has 1 N–H and O–H groups in total. The normalized spacial score (nSPS) is 20.5. The summed E-state index contributed by atoms with van der Waals surface area (Å²) in [5.74, 6) is -1.35. The van der Waals surface area contributed by atoms with Crippen molar-refractivity contribution in [2.75, 3.05) is 13.1 Å². The number of hydrogen-bond donors (Lipinski definition) is 1. The first-order valence-corrected chi connectivity index (χ1v) is 9.73. The van der Waals surface area contributed by atoms with Gasteiger partial charge in [0.1, 0.15) is 11.6 Å². The van der Waals surface area contributed by atoms with Crippen molar-refractivity contribution in [2.45, 2.75) is 58.2 Å². The molecule has 2 aliphatic heterocycles. The van der Waals surface area contributed by atoms with Gasteiger partial charge in [-0.1, -0.05) is 24.3 Å². The zero-order chi connectivity index (χ0) is 20.5. The van der Waals surface area contributed by atoms with Crippen molar-refractivity contribution < 1.29 is 24.2 Å². The van der Waals surface area contributed by atoms with E-state index in [1.54, 1.807) is 25.7 Å². The lowest BCUT2D eigenvalue weighted by Crippen LogP contribution is -2.55. The predicted octanol–water partition coefficient (Wildman–Crippen LogP) is 2.67. The molecule has 1 fully saturated rings. The minimum Gasteiger partial charge on any atom is -0.481 e. The number of aliphatic carboxylic acids is 1. The number of rotatable bonds is 2. The topological polar surface area (TPSA) is 87.2 Å². The van der Waals surface area contributed by atoms with Gasteiger partial charge in [-0.15, -0.1) is 0 Å². The smallest absolute Gasteiger partial charge is 0.411 e. The monoisotopic (exact) mass is 388 g/mol. The van der Waals surface area contributed by atoms with Gasteiger partial charge in [0.2, 0.25) is 5.91 Å². The lowest BCUT2D eigenvalue weighted by molar-refractivity contribution is -0.147. The van der Waals surface area contributed by atoms with Crippen LogP contribution in [0.1, 0.15) is 44.7 Å². The Morgan fingerprint density at radius 1 is 1.07 bits per heavy atom. The molecule has 1 aromatic carbocycles. The zero-order valence-electron chi connectivity index (χ0n) is 16.7. The summed E-state index contributed by atoms with van der Waals surface area (Å²) in [6.07, 6.45) is 0.821. The number of ether oxygens (including phenoxy) is 1. The molecule has 1 atom stereocenters. The number of hydrogen-bond acceptors (Lipinski definition) is 4. The molecule has 7 nitrogen and oxygen atoms in total. The largest absolute Gasteiger partial charge is 0.481 e. The molecule has 28 heavy (non-hydrogen) atoms. The van der Waals surface area contributed by atoms with Crippen LogP contribution in [0.5, 0.6) is 0 Å². The Kier molecular flexibility index (Phi) is 5.63. The van der Waals surface area contributed by atoms with Gasteiger partial charge in [-0.25, -0.2) is 4.79 Å². The highest BCUT2D eigenvalue weighted by molar-refractivity contribution is 5.87. The molecule has 0 saturated carbocycles. The molecule has 1 aromatic rings. The fourth-order valence-corrected chi connectivity index (χ4v) is 3.81. The summed E-state index contributed by atoms with van der Waals surface area (Å²) in [6.45, 7) is 6.53. The highest BCUT2D eigenvalue weighted by Gasteiger charge is 2.40. The maximum absolute atomic E-state index is 13.2. The number of carboxylic acid groups (broad SMARTS) is 1. The molecule has 0 radical (unpaired) electrons. The van der Waals surface area contributed by atoms with Crippen LogP contribution in [0, 0.1) is 5.92 Å². The van der Waals surface area contributed by atoms with E-state index in [2.05, 4.69) is 0 Å². The molecular weight excluding hydrogens is 360 g/mol. The van der Waals surface area contributed by atoms with Gasteiger partial charge < -0.3 is 14.7 Å². The average Bonchev–Trinajstić information content (AvgIpc) is 2.65. The van der Waals surface area contributed by atoms with E-state index in [9.17, 15) is 19.5 Å². The summed E-state index contributed by atoms with van der Waals surface area (Å²) in [5, 5.41) is 9.17. The van der Waals surface area contributed by atoms with E-state index >= 15 is 0 Å². The molecule has 0 aromatic heterocycles. The van der Waals surface area contributed by atoms with Crippen molar-refractivity contribution in [3.05, 3.63) is 35.4 Å². The summed E-state index contributed by atoms with van der Waals surface area (Å²) >= 11 is 0. The maximum atomic E-state index is 13.2. The molecule has 0 bridgehead atoms. The SMILES string of the molecule is CC(C)(C)OC(=O)N1Cc2ccccc2C[C@H]1C(=O)N1CCC(C(=O)O)CC1. The Morgan fingerprint density at radius 2 is 1.68 bits per heavy atom. The molecule has 2 heterocycles. The molecule has 152 valence electrons. The third kappa shape index (κ3) is 4.46. The van der Waals surface area contributed by atoms with Crippen LogP contribution in [0.2, 0.25) is 0 Å². The highest BCUT2D eigenvalue weighted by Crippen LogP contribution is 2.28. The number of benzene rings is 1. The van der Waals surface area contributed by atoms with E-state index < -0.39 is 29.6 Å². The van der Waals surface area contributed by atoms with E-state index in [1.165, 1.54) is 4.90 Å². The Hall–Kier alpha value is -2.57. The van der Waals surface area contributed by atoms with Gasteiger partial charge in [0.15, 0.2) is 0 Å². The van der Waals surface area contributed by atoms with E-state index in [4.69, 9.17) is 4.74 Å². The Labute approximate surface area is 165 Å². The fraction of sp³-hybridized carbons (Fsp3) is 0.571. The molecule has 7 heteroatoms. The van der Waals surface area contributed by atoms with Crippen LogP contribution >= 0.6 is 0 Å². The molecular formula is C21H28N2O5. The number of fused-ring (bicyclic) bond motifs is 1. The minimum atomic E-state index is -0.811. The van der Waals surface area contributed by atoms with Crippen LogP contribution in [0.4, 0.5) is 4.79 Å². The summed E-state index contributed by atoms with van der Waals surface area (Å²) in [7, 11) is 0. The van der Waals surface area contributed by atoms with Crippen molar-refractivity contribution in [3.63, 3.8) is 0 Å². The minimum absolute atomic E-state index is 0.135. The van der Waals surface area contributed by atoms with Crippen molar-refractivity contribution in [1.82, 2.24) is 9.80 Å². The summed E-state index contributed by atoms with van der Waals surface area (Å²) in [6, 6.07) is 7.17. The standard InChI is InChI=1S/C21H28N2O5/c1-21(2,3)28-20(27)23-13-16-7-5-4-6-15(16)12-17(23)18(24)22-10-8-14(9-11-22)19(25)26/h4-7,14,17H,8-13H2,1-3H3,(H,25,26)/t17-/m0/s1. The van der Waals surface area contributed by atoms with Crippen LogP contribution < -0.4 is 0 Å². The molecule has 3 rings (SSSR count). The number of likely N-dealkylation sites (tertiary alicyclic amines) is 1. The summed E-state index contributed by atoms with van der Waals surface area (Å²) < 4.78 is 5.55. The zero-order valence-corrected chi connectivity index (χ0v) is 16.7. The second kappa shape index (κ2) is 7.81. The van der Waals surface area contributed by atoms with Crippen LogP contribution in [-0.2, 0) is 27.3 Å². The van der Waals surface area contributed by atoms with Gasteiger partial charge in [0.05, 0.1) is 12.5 Å². The second-order valence-electron chi connectivity index (χ2n) is 8.53. The van der Waals surface area contributed by atoms with Crippen molar-refractivity contribution in [3.8, 4) is 0 Å². The van der Waals surface area contributed by atoms with Gasteiger partial charge in [-0.2, -0.15) is 0 Å². The first kappa shape index (κ1) is 20.2. The third-order valence-corrected chi connectivity index (χ3v) is 5.32. The van der Waals surface area contributed by atoms with Gasteiger partial charge in [0.25, 0.3) is 0 Å². The van der Waals surface area contributed by atoms with Crippen LogP contribution in [0.3, 0.4) is 0 Å². The van der Waals surface area contributed by atoms with Gasteiger partial charge in [-0.3, -0.25) is 14.5 Å². The van der Waals surface area contributed by atoms with Crippen LogP contribution in [-0.4, -0.2) is 57.6 Å². The predicted molar refractivity (Wildman–Crippen MR) is 103 cm³/mol. The maximum Gasteiger partial charge on any atom is 0.411 e. The number of piperidine rings is 1. The van der Waals surface area contributed by atoms with E-state index in [0.29, 0.717) is 38.9 Å². The molecule has 0 spiro atoms. The van der Waals surface area contributed by atoms with Crippen molar-refractivity contribution in [1.29, 1.82) is 0 Å². The molecule has 0 unspecified atom stereocenters. The van der Waals surface area contributed by atoms with Crippen LogP contribution in [0.25, 0.3) is 0 Å². The van der Waals surface area contributed by atoms with E-state index in [1.807, 2.05) is 24.3 Å². The Bertz CT molecular complexity index is 762. The number of amides is 2. The highest BCUT2D eigenvalue weighted by atomic mass is 16.6. The number of carboxylic acids is 1. The molecule has 2 amide bonds. The lowest BCUT2D eigenvalue weighted by Gasteiger charge is -2.40. The van der Waals surface area contributed by atoms with Crippen molar-refractivity contribution in [2.24, 2.45) is 5.92 Å². The van der Waals surface area contributed by atoms with E-state index in [0.717, 1.165) is 11.1 Å². The molecule has 0 aliphatic carbocycles. The first-order valence-electron chi connectivity index (χ1n) is 9.73. The summed E-state index contributed by atoms with van der Waals surface area (Å²) in [5.41, 5.74) is 1.42. The Morgan fingerprint density at radius 3 is 2.25 bits per heavy atom. The lowest BCUT2D eigenvalue weighted by atomic mass is 9.92. The van der Waals surface area contributed by atoms with Crippen LogP contribution in [0.15, 0.2) is 24.3 Å². The van der Waals surface area contributed by atoms with Gasteiger partial charge >= 0.3 is 12.1 Å². The molecule has 2 aliphatic rings. The van der Waals surface area contributed by atoms with E-state index in [-0.39, 0.29) is 5.91 Å². The fourth-order valence-electron chi connectivity index (χ4n) is 3.81. The van der Waals surface area contributed by atoms with Crippen molar-refractivity contribution >= 4 is 18.0 Å². The first-order chi connectivity index (χ1) is 13.2.